The maximum atomic E-state index is 12.0. The van der Waals surface area contributed by atoms with Gasteiger partial charge in [0, 0.05) is 34.9 Å². The average molecular weight is 379 g/mol. The van der Waals surface area contributed by atoms with Crippen LogP contribution in [0, 0.1) is 0 Å². The molecule has 0 aliphatic rings. The molecule has 0 unspecified atom stereocenters. The molecule has 0 aromatic heterocycles. The predicted octanol–water partition coefficient (Wildman–Crippen LogP) is 3.77. The second-order valence-electron chi connectivity index (χ2n) is 4.98. The second-order valence-corrected chi connectivity index (χ2v) is 5.82. The molecule has 2 rings (SSSR count). The number of hydrogen-bond acceptors (Lipinski definition) is 3. The van der Waals surface area contributed by atoms with Gasteiger partial charge >= 0.3 is 0 Å². The lowest BCUT2D eigenvalue weighted by Gasteiger charge is -2.07. The second kappa shape index (κ2) is 9.11. The van der Waals surface area contributed by atoms with Crippen LogP contribution in [0.15, 0.2) is 48.5 Å². The van der Waals surface area contributed by atoms with Gasteiger partial charge in [-0.15, -0.1) is 0 Å². The maximum absolute atomic E-state index is 12.0. The molecule has 0 bridgehead atoms. The summed E-state index contributed by atoms with van der Waals surface area (Å²) in [6, 6.07) is 11.8. The van der Waals surface area contributed by atoms with E-state index in [0.717, 1.165) is 0 Å². The van der Waals surface area contributed by atoms with Crippen LogP contribution in [0.25, 0.3) is 6.08 Å². The van der Waals surface area contributed by atoms with Crippen molar-refractivity contribution in [2.75, 3.05) is 19.0 Å². The van der Waals surface area contributed by atoms with Crippen molar-refractivity contribution in [2.24, 2.45) is 0 Å². The molecule has 0 spiro atoms. The average Bonchev–Trinajstić information content (AvgIpc) is 2.59. The number of carbonyl (C=O) groups excluding carboxylic acids is 2. The van der Waals surface area contributed by atoms with E-state index in [0.29, 0.717) is 27.0 Å². The minimum Gasteiger partial charge on any atom is -0.484 e. The SMILES string of the molecule is CNC(=O)COc1cccc(NC(=O)/C=C/c2ccc(Cl)cc2Cl)c1. The minimum atomic E-state index is -0.325. The Labute approximate surface area is 155 Å². The quantitative estimate of drug-likeness (QED) is 0.751. The fraction of sp³-hybridized carbons (Fsp3) is 0.111. The number of halogens is 2. The summed E-state index contributed by atoms with van der Waals surface area (Å²) in [5.41, 5.74) is 1.23. The summed E-state index contributed by atoms with van der Waals surface area (Å²) < 4.78 is 5.33. The number of benzene rings is 2. The highest BCUT2D eigenvalue weighted by Gasteiger charge is 2.03. The summed E-state index contributed by atoms with van der Waals surface area (Å²) in [7, 11) is 1.53. The standard InChI is InChI=1S/C18H16Cl2N2O3/c1-21-18(24)11-25-15-4-2-3-14(10-15)22-17(23)8-6-12-5-7-13(19)9-16(12)20/h2-10H,11H2,1H3,(H,21,24)(H,22,23)/b8-6+. The summed E-state index contributed by atoms with van der Waals surface area (Å²) >= 11 is 11.9. The van der Waals surface area contributed by atoms with Gasteiger partial charge in [-0.05, 0) is 35.9 Å². The summed E-state index contributed by atoms with van der Waals surface area (Å²) in [5.74, 6) is -0.0854. The number of anilines is 1. The molecule has 0 aliphatic heterocycles. The van der Waals surface area contributed by atoms with E-state index in [9.17, 15) is 9.59 Å². The van der Waals surface area contributed by atoms with Crippen LogP contribution in [0.1, 0.15) is 5.56 Å². The van der Waals surface area contributed by atoms with Gasteiger partial charge in [-0.2, -0.15) is 0 Å². The number of nitrogens with one attached hydrogen (secondary N) is 2. The van der Waals surface area contributed by atoms with E-state index in [4.69, 9.17) is 27.9 Å². The molecule has 0 aliphatic carbocycles. The first-order chi connectivity index (χ1) is 12.0. The lowest BCUT2D eigenvalue weighted by molar-refractivity contribution is -0.122. The van der Waals surface area contributed by atoms with E-state index in [2.05, 4.69) is 10.6 Å². The summed E-state index contributed by atoms with van der Waals surface area (Å²) in [4.78, 5) is 23.2. The van der Waals surface area contributed by atoms with Crippen LogP contribution in [0.3, 0.4) is 0 Å². The van der Waals surface area contributed by atoms with Gasteiger partial charge in [0.2, 0.25) is 5.91 Å². The monoisotopic (exact) mass is 378 g/mol. The summed E-state index contributed by atoms with van der Waals surface area (Å²) in [6.45, 7) is -0.0944. The predicted molar refractivity (Wildman–Crippen MR) is 100 cm³/mol. The third-order valence-electron chi connectivity index (χ3n) is 3.13. The molecule has 5 nitrogen and oxygen atoms in total. The molecule has 0 fully saturated rings. The molecule has 7 heteroatoms. The zero-order chi connectivity index (χ0) is 18.2. The van der Waals surface area contributed by atoms with Crippen LogP contribution >= 0.6 is 23.2 Å². The first-order valence-electron chi connectivity index (χ1n) is 7.35. The Morgan fingerprint density at radius 1 is 1.16 bits per heavy atom. The fourth-order valence-electron chi connectivity index (χ4n) is 1.87. The molecule has 0 heterocycles. The van der Waals surface area contributed by atoms with Crippen LogP contribution in [0.2, 0.25) is 10.0 Å². The van der Waals surface area contributed by atoms with Gasteiger partial charge in [-0.1, -0.05) is 35.3 Å². The zero-order valence-corrected chi connectivity index (χ0v) is 14.9. The molecule has 0 saturated heterocycles. The Kier molecular flexibility index (Phi) is 6.86. The normalized spacial score (nSPS) is 10.5. The lowest BCUT2D eigenvalue weighted by atomic mass is 10.2. The van der Waals surface area contributed by atoms with E-state index < -0.39 is 0 Å². The number of amides is 2. The number of hydrogen-bond donors (Lipinski definition) is 2. The summed E-state index contributed by atoms with van der Waals surface area (Å²) in [6.07, 6.45) is 2.97. The molecule has 0 atom stereocenters. The highest BCUT2D eigenvalue weighted by Crippen LogP contribution is 2.22. The molecule has 2 N–H and O–H groups in total. The summed E-state index contributed by atoms with van der Waals surface area (Å²) in [5, 5.41) is 6.16. The van der Waals surface area contributed by atoms with Crippen LogP contribution in [-0.2, 0) is 9.59 Å². The van der Waals surface area contributed by atoms with E-state index in [1.807, 2.05) is 0 Å². The number of ether oxygens (including phenoxy) is 1. The third-order valence-corrected chi connectivity index (χ3v) is 3.69. The Morgan fingerprint density at radius 3 is 2.68 bits per heavy atom. The van der Waals surface area contributed by atoms with Crippen molar-refractivity contribution in [3.05, 3.63) is 64.1 Å². The van der Waals surface area contributed by atoms with Crippen LogP contribution in [0.4, 0.5) is 5.69 Å². The highest BCUT2D eigenvalue weighted by molar-refractivity contribution is 6.35. The Morgan fingerprint density at radius 2 is 1.96 bits per heavy atom. The van der Waals surface area contributed by atoms with Crippen molar-refractivity contribution >= 4 is 46.8 Å². The Hall–Kier alpha value is -2.50. The minimum absolute atomic E-state index is 0.0944. The van der Waals surface area contributed by atoms with Gasteiger partial charge in [0.15, 0.2) is 6.61 Å². The molecular formula is C18H16Cl2N2O3. The number of likely N-dealkylation sites (N-methyl/N-ethyl adjacent to an activating group) is 1. The number of carbonyl (C=O) groups is 2. The fourth-order valence-corrected chi connectivity index (χ4v) is 2.34. The van der Waals surface area contributed by atoms with Crippen molar-refractivity contribution < 1.29 is 14.3 Å². The first kappa shape index (κ1) is 18.8. The van der Waals surface area contributed by atoms with E-state index in [1.54, 1.807) is 48.5 Å². The van der Waals surface area contributed by atoms with Crippen molar-refractivity contribution in [3.63, 3.8) is 0 Å². The van der Waals surface area contributed by atoms with E-state index in [-0.39, 0.29) is 18.4 Å². The van der Waals surface area contributed by atoms with Gasteiger partial charge in [-0.25, -0.2) is 0 Å². The smallest absolute Gasteiger partial charge is 0.257 e. The molecule has 130 valence electrons. The molecule has 2 amide bonds. The first-order valence-corrected chi connectivity index (χ1v) is 8.11. The largest absolute Gasteiger partial charge is 0.484 e. The molecule has 0 radical (unpaired) electrons. The van der Waals surface area contributed by atoms with Crippen molar-refractivity contribution in [2.45, 2.75) is 0 Å². The van der Waals surface area contributed by atoms with Crippen molar-refractivity contribution in [1.29, 1.82) is 0 Å². The maximum Gasteiger partial charge on any atom is 0.257 e. The third kappa shape index (κ3) is 6.14. The van der Waals surface area contributed by atoms with Gasteiger partial charge in [-0.3, -0.25) is 9.59 Å². The van der Waals surface area contributed by atoms with Gasteiger partial charge in [0.25, 0.3) is 5.91 Å². The van der Waals surface area contributed by atoms with Crippen molar-refractivity contribution in [1.82, 2.24) is 5.32 Å². The van der Waals surface area contributed by atoms with Crippen LogP contribution < -0.4 is 15.4 Å². The molecular weight excluding hydrogens is 363 g/mol. The number of rotatable bonds is 6. The lowest BCUT2D eigenvalue weighted by Crippen LogP contribution is -2.24. The van der Waals surface area contributed by atoms with Gasteiger partial charge in [0.1, 0.15) is 5.75 Å². The molecule has 0 saturated carbocycles. The Bertz CT molecular complexity index is 807. The van der Waals surface area contributed by atoms with Crippen LogP contribution in [0.5, 0.6) is 5.75 Å². The zero-order valence-electron chi connectivity index (χ0n) is 13.4. The molecule has 2 aromatic rings. The Balaban J connectivity index is 1.98. The highest BCUT2D eigenvalue weighted by atomic mass is 35.5. The van der Waals surface area contributed by atoms with E-state index in [1.165, 1.54) is 13.1 Å². The van der Waals surface area contributed by atoms with Crippen LogP contribution in [-0.4, -0.2) is 25.5 Å². The van der Waals surface area contributed by atoms with Gasteiger partial charge < -0.3 is 15.4 Å². The van der Waals surface area contributed by atoms with Crippen molar-refractivity contribution in [3.8, 4) is 5.75 Å². The molecule has 2 aromatic carbocycles. The van der Waals surface area contributed by atoms with Gasteiger partial charge in [0.05, 0.1) is 0 Å². The van der Waals surface area contributed by atoms with E-state index >= 15 is 0 Å². The molecule has 25 heavy (non-hydrogen) atoms. The topological polar surface area (TPSA) is 67.4 Å².